The van der Waals surface area contributed by atoms with Crippen LogP contribution in [0.5, 0.6) is 0 Å². The molecule has 3 heteroatoms. The van der Waals surface area contributed by atoms with Gasteiger partial charge >= 0.3 is 0 Å². The Balaban J connectivity index is 1.78. The van der Waals surface area contributed by atoms with Crippen molar-refractivity contribution < 1.29 is 10.1 Å². The highest BCUT2D eigenvalue weighted by Gasteiger charge is 2.19. The van der Waals surface area contributed by atoms with Crippen molar-refractivity contribution in [1.82, 2.24) is 5.32 Å². The molecule has 0 saturated heterocycles. The van der Waals surface area contributed by atoms with E-state index in [9.17, 15) is 4.79 Å². The molecule has 1 atom stereocenters. The number of carbonyl (C=O) groups excluding carboxylic acids is 1. The number of rotatable bonds is 8. The average molecular weight is 325 g/mol. The van der Waals surface area contributed by atoms with E-state index in [4.69, 9.17) is 0 Å². The van der Waals surface area contributed by atoms with E-state index in [1.807, 2.05) is 18.2 Å². The third-order valence-electron chi connectivity index (χ3n) is 4.44. The number of nitrogens with two attached hydrogens (primary N) is 1. The fourth-order valence-corrected chi connectivity index (χ4v) is 3.00. The minimum Gasteiger partial charge on any atom is -0.351 e. The molecule has 0 aromatic heterocycles. The molecule has 0 radical (unpaired) electrons. The molecule has 0 bridgehead atoms. The molecule has 128 valence electrons. The Bertz CT molecular complexity index is 637. The number of amides is 1. The Morgan fingerprint density at radius 3 is 2.38 bits per heavy atom. The zero-order valence-electron chi connectivity index (χ0n) is 15.0. The van der Waals surface area contributed by atoms with Crippen LogP contribution in [0, 0.1) is 12.8 Å². The molecule has 0 heterocycles. The van der Waals surface area contributed by atoms with Gasteiger partial charge in [0.1, 0.15) is 6.04 Å². The van der Waals surface area contributed by atoms with Crippen molar-refractivity contribution in [3.63, 3.8) is 0 Å². The van der Waals surface area contributed by atoms with E-state index in [1.54, 1.807) is 0 Å². The molecule has 0 aliphatic rings. The molecule has 2 rings (SSSR count). The van der Waals surface area contributed by atoms with Crippen molar-refractivity contribution in [3.05, 3.63) is 71.3 Å². The van der Waals surface area contributed by atoms with E-state index in [-0.39, 0.29) is 5.91 Å². The van der Waals surface area contributed by atoms with Gasteiger partial charge in [-0.25, -0.2) is 0 Å². The summed E-state index contributed by atoms with van der Waals surface area (Å²) >= 11 is 0. The van der Waals surface area contributed by atoms with Gasteiger partial charge in [0.15, 0.2) is 6.54 Å². The molecular weight excluding hydrogens is 296 g/mol. The minimum absolute atomic E-state index is 0.102. The van der Waals surface area contributed by atoms with Gasteiger partial charge in [-0.3, -0.25) is 4.79 Å². The Labute approximate surface area is 145 Å². The summed E-state index contributed by atoms with van der Waals surface area (Å²) in [6.45, 7) is 7.66. The van der Waals surface area contributed by atoms with Crippen LogP contribution in [0.2, 0.25) is 0 Å². The monoisotopic (exact) mass is 325 g/mol. The summed E-state index contributed by atoms with van der Waals surface area (Å²) in [4.78, 5) is 12.1. The third kappa shape index (κ3) is 5.50. The van der Waals surface area contributed by atoms with Crippen LogP contribution < -0.4 is 10.6 Å². The highest BCUT2D eigenvalue weighted by Crippen LogP contribution is 2.16. The van der Waals surface area contributed by atoms with Gasteiger partial charge in [-0.05, 0) is 24.5 Å². The summed E-state index contributed by atoms with van der Waals surface area (Å²) in [5.41, 5.74) is 3.86. The Morgan fingerprint density at radius 1 is 1.04 bits per heavy atom. The van der Waals surface area contributed by atoms with Gasteiger partial charge in [0.25, 0.3) is 5.91 Å². The van der Waals surface area contributed by atoms with Gasteiger partial charge in [0.2, 0.25) is 0 Å². The van der Waals surface area contributed by atoms with E-state index in [0.29, 0.717) is 25.0 Å². The number of quaternary nitrogens is 1. The van der Waals surface area contributed by atoms with Crippen molar-refractivity contribution in [1.29, 1.82) is 0 Å². The smallest absolute Gasteiger partial charge is 0.275 e. The molecule has 0 fully saturated rings. The summed E-state index contributed by atoms with van der Waals surface area (Å²) in [6.07, 6.45) is 0.880. The first-order valence-electron chi connectivity index (χ1n) is 8.77. The van der Waals surface area contributed by atoms with Gasteiger partial charge in [0.05, 0.1) is 0 Å². The van der Waals surface area contributed by atoms with Gasteiger partial charge in [0, 0.05) is 18.0 Å². The van der Waals surface area contributed by atoms with Crippen molar-refractivity contribution >= 4 is 5.91 Å². The van der Waals surface area contributed by atoms with E-state index in [0.717, 1.165) is 6.42 Å². The molecule has 2 aromatic rings. The lowest BCUT2D eigenvalue weighted by molar-refractivity contribution is -0.692. The summed E-state index contributed by atoms with van der Waals surface area (Å²) < 4.78 is 0. The van der Waals surface area contributed by atoms with Crippen LogP contribution in [0.1, 0.15) is 36.6 Å². The number of aryl methyl sites for hydroxylation is 1. The summed E-state index contributed by atoms with van der Waals surface area (Å²) in [6, 6.07) is 19.0. The second kappa shape index (κ2) is 9.24. The normalized spacial score (nSPS) is 12.2. The number of hydrogen-bond acceptors (Lipinski definition) is 1. The van der Waals surface area contributed by atoms with Crippen LogP contribution >= 0.6 is 0 Å². The lowest BCUT2D eigenvalue weighted by Crippen LogP contribution is -2.88. The molecule has 24 heavy (non-hydrogen) atoms. The van der Waals surface area contributed by atoms with Crippen LogP contribution in [-0.2, 0) is 11.2 Å². The van der Waals surface area contributed by atoms with Gasteiger partial charge in [-0.1, -0.05) is 68.4 Å². The van der Waals surface area contributed by atoms with Crippen molar-refractivity contribution in [2.45, 2.75) is 33.2 Å². The van der Waals surface area contributed by atoms with E-state index >= 15 is 0 Å². The van der Waals surface area contributed by atoms with Crippen LogP contribution in [0.3, 0.4) is 0 Å². The summed E-state index contributed by atoms with van der Waals surface area (Å²) in [5.74, 6) is 0.581. The number of hydrogen-bond donors (Lipinski definition) is 2. The Hall–Kier alpha value is -2.13. The topological polar surface area (TPSA) is 45.7 Å². The van der Waals surface area contributed by atoms with E-state index in [2.05, 4.69) is 67.8 Å². The number of carbonyl (C=O) groups is 1. The highest BCUT2D eigenvalue weighted by atomic mass is 16.1. The molecule has 3 N–H and O–H groups in total. The second-order valence-electron chi connectivity index (χ2n) is 6.65. The molecule has 2 aromatic carbocycles. The van der Waals surface area contributed by atoms with E-state index < -0.39 is 0 Å². The molecule has 0 spiro atoms. The van der Waals surface area contributed by atoms with Gasteiger partial charge in [-0.15, -0.1) is 0 Å². The highest BCUT2D eigenvalue weighted by molar-refractivity contribution is 5.76. The average Bonchev–Trinajstić information content (AvgIpc) is 2.57. The van der Waals surface area contributed by atoms with Crippen LogP contribution in [-0.4, -0.2) is 19.0 Å². The quantitative estimate of drug-likeness (QED) is 0.770. The van der Waals surface area contributed by atoms with Crippen molar-refractivity contribution in [2.24, 2.45) is 5.92 Å². The second-order valence-corrected chi connectivity index (χ2v) is 6.65. The molecule has 1 amide bonds. The maximum atomic E-state index is 12.1. The largest absolute Gasteiger partial charge is 0.351 e. The number of benzene rings is 2. The van der Waals surface area contributed by atoms with Crippen molar-refractivity contribution in [3.8, 4) is 0 Å². The minimum atomic E-state index is 0.102. The van der Waals surface area contributed by atoms with Gasteiger partial charge < -0.3 is 10.6 Å². The predicted molar refractivity (Wildman–Crippen MR) is 98.7 cm³/mol. The first kappa shape index (κ1) is 18.2. The van der Waals surface area contributed by atoms with Gasteiger partial charge in [-0.2, -0.15) is 0 Å². The molecule has 0 unspecified atom stereocenters. The SMILES string of the molecule is Cc1ccccc1CCNC(=O)C[NH2+][C@H](c1ccccc1)C(C)C. The van der Waals surface area contributed by atoms with Crippen molar-refractivity contribution in [2.75, 3.05) is 13.1 Å². The van der Waals surface area contributed by atoms with Crippen LogP contribution in [0.25, 0.3) is 0 Å². The maximum Gasteiger partial charge on any atom is 0.275 e. The first-order valence-corrected chi connectivity index (χ1v) is 8.77. The molecular formula is C21H29N2O+. The standard InChI is InChI=1S/C21H28N2O/c1-16(2)21(19-11-5-4-6-12-19)23-15-20(24)22-14-13-18-10-8-7-9-17(18)3/h4-12,16,21,23H,13-15H2,1-3H3,(H,22,24)/p+1/t21-/m0/s1. The fourth-order valence-electron chi connectivity index (χ4n) is 3.00. The maximum absolute atomic E-state index is 12.1. The van der Waals surface area contributed by atoms with Crippen LogP contribution in [0.4, 0.5) is 0 Å². The zero-order chi connectivity index (χ0) is 17.4. The molecule has 0 aliphatic carbocycles. The molecule has 0 aliphatic heterocycles. The summed E-state index contributed by atoms with van der Waals surface area (Å²) in [5, 5.41) is 5.18. The summed E-state index contributed by atoms with van der Waals surface area (Å²) in [7, 11) is 0. The zero-order valence-corrected chi connectivity index (χ0v) is 15.0. The predicted octanol–water partition coefficient (Wildman–Crippen LogP) is 2.61. The van der Waals surface area contributed by atoms with Crippen LogP contribution in [0.15, 0.2) is 54.6 Å². The lowest BCUT2D eigenvalue weighted by Gasteiger charge is -2.19. The Morgan fingerprint density at radius 2 is 1.71 bits per heavy atom. The number of nitrogens with one attached hydrogen (secondary N) is 1. The first-order chi connectivity index (χ1) is 11.6. The fraction of sp³-hybridized carbons (Fsp3) is 0.381. The Kier molecular flexibility index (Phi) is 7.01. The molecule has 0 saturated carbocycles. The molecule has 3 nitrogen and oxygen atoms in total. The third-order valence-corrected chi connectivity index (χ3v) is 4.44. The lowest BCUT2D eigenvalue weighted by atomic mass is 9.96. The van der Waals surface area contributed by atoms with E-state index in [1.165, 1.54) is 16.7 Å².